The molecule has 0 atom stereocenters. The summed E-state index contributed by atoms with van der Waals surface area (Å²) in [6, 6.07) is 41.3. The smallest absolute Gasteiger partial charge is 0.164 e. The van der Waals surface area contributed by atoms with E-state index in [2.05, 4.69) is 48.5 Å². The van der Waals surface area contributed by atoms with Gasteiger partial charge < -0.3 is 0 Å². The number of benzene rings is 8. The average Bonchev–Trinajstić information content (AvgIpc) is 3.23. The Hall–Kier alpha value is -6.45. The molecule has 1 aromatic heterocycles. The average molecular weight is 619 g/mol. The molecule has 0 radical (unpaired) electrons. The lowest BCUT2D eigenvalue weighted by Crippen LogP contribution is -2.00. The van der Waals surface area contributed by atoms with Crippen LogP contribution in [-0.2, 0) is 0 Å². The highest BCUT2D eigenvalue weighted by Crippen LogP contribution is 2.33. The van der Waals surface area contributed by atoms with Crippen molar-refractivity contribution in [2.24, 2.45) is 0 Å². The zero-order chi connectivity index (χ0) is 38.0. The summed E-state index contributed by atoms with van der Waals surface area (Å²) in [4.78, 5) is 14.6. The molecule has 0 bridgehead atoms. The van der Waals surface area contributed by atoms with Crippen molar-refractivity contribution in [3.8, 4) is 56.4 Å². The van der Waals surface area contributed by atoms with E-state index in [0.29, 0.717) is 11.1 Å². The summed E-state index contributed by atoms with van der Waals surface area (Å²) in [7, 11) is 0. The van der Waals surface area contributed by atoms with Crippen molar-refractivity contribution in [3.05, 3.63) is 176 Å². The van der Waals surface area contributed by atoms with Crippen molar-refractivity contribution in [2.75, 3.05) is 0 Å². The van der Waals surface area contributed by atoms with Gasteiger partial charge in [-0.05, 0) is 78.8 Å². The molecule has 48 heavy (non-hydrogen) atoms. The van der Waals surface area contributed by atoms with Gasteiger partial charge in [-0.1, -0.05) is 151 Å². The van der Waals surface area contributed by atoms with E-state index in [1.807, 2.05) is 84.9 Å². The highest BCUT2D eigenvalue weighted by Gasteiger charge is 2.15. The molecule has 224 valence electrons. The lowest BCUT2D eigenvalue weighted by Gasteiger charge is -2.12. The van der Waals surface area contributed by atoms with Gasteiger partial charge in [-0.2, -0.15) is 0 Å². The Morgan fingerprint density at radius 2 is 0.854 bits per heavy atom. The Kier molecular flexibility index (Phi) is 5.22. The van der Waals surface area contributed by atoms with Crippen molar-refractivity contribution in [1.29, 1.82) is 0 Å². The van der Waals surface area contributed by atoms with Crippen molar-refractivity contribution in [1.82, 2.24) is 15.0 Å². The molecule has 0 aliphatic rings. The zero-order valence-corrected chi connectivity index (χ0v) is 25.5. The summed E-state index contributed by atoms with van der Waals surface area (Å²) < 4.78 is 60.5. The van der Waals surface area contributed by atoms with Crippen molar-refractivity contribution < 1.29 is 9.60 Å². The highest BCUT2D eigenvalue weighted by atomic mass is 15.0. The van der Waals surface area contributed by atoms with E-state index in [9.17, 15) is 0 Å². The van der Waals surface area contributed by atoms with Gasteiger partial charge in [0.25, 0.3) is 0 Å². The number of hydrogen-bond donors (Lipinski definition) is 0. The van der Waals surface area contributed by atoms with Gasteiger partial charge in [0.15, 0.2) is 17.5 Å². The first-order valence-electron chi connectivity index (χ1n) is 19.1. The standard InChI is InChI=1S/C45H29N3/c1-2-10-30(11-3-1)35-21-22-38-27-36(23-24-37(38)26-35)34-16-8-17-39(29-34)43-46-44(40-25-20-31-12-4-5-14-33(31)28-40)48-45(47-43)42-19-9-15-32-13-6-7-18-41(32)42/h1-29H/i6D,7D,9D,13D,15D,18D,19D. The molecule has 9 aromatic rings. The Balaban J connectivity index is 1.24. The molecule has 0 saturated heterocycles. The monoisotopic (exact) mass is 618 g/mol. The SMILES string of the molecule is [2H]c1c([2H])c([2H])c2c(-c3nc(-c4cccc(-c5ccc6cc(-c7ccccc7)ccc6c5)c4)nc(-c4ccc5ccccc5c4)n3)c([2H])c([2H])c([2H])c2c1[2H]. The molecule has 0 fully saturated rings. The molecule has 0 unspecified atom stereocenters. The normalized spacial score (nSPS) is 13.4. The maximum absolute atomic E-state index is 9.02. The van der Waals surface area contributed by atoms with Crippen LogP contribution in [0.2, 0.25) is 0 Å². The quantitative estimate of drug-likeness (QED) is 0.193. The second-order valence-electron chi connectivity index (χ2n) is 11.6. The van der Waals surface area contributed by atoms with E-state index >= 15 is 0 Å². The second kappa shape index (κ2) is 11.7. The molecular weight excluding hydrogens is 583 g/mol. The predicted molar refractivity (Wildman–Crippen MR) is 200 cm³/mol. The summed E-state index contributed by atoms with van der Waals surface area (Å²) in [5.41, 5.74) is 5.48. The maximum atomic E-state index is 9.02. The van der Waals surface area contributed by atoms with Gasteiger partial charge in [-0.15, -0.1) is 0 Å². The summed E-state index contributed by atoms with van der Waals surface area (Å²) in [5.74, 6) is 0.524. The van der Waals surface area contributed by atoms with Gasteiger partial charge in [-0.25, -0.2) is 15.0 Å². The molecule has 8 aromatic carbocycles. The Labute approximate surface area is 288 Å². The molecule has 0 spiro atoms. The third kappa shape index (κ3) is 5.18. The van der Waals surface area contributed by atoms with E-state index in [4.69, 9.17) is 24.5 Å². The first-order valence-corrected chi connectivity index (χ1v) is 15.6. The van der Waals surface area contributed by atoms with Crippen LogP contribution in [0, 0.1) is 0 Å². The lowest BCUT2D eigenvalue weighted by atomic mass is 9.97. The summed E-state index contributed by atoms with van der Waals surface area (Å²) in [5, 5.41) is 3.95. The topological polar surface area (TPSA) is 38.7 Å². The van der Waals surface area contributed by atoms with E-state index in [0.717, 1.165) is 43.8 Å². The van der Waals surface area contributed by atoms with Crippen molar-refractivity contribution in [3.63, 3.8) is 0 Å². The number of aromatic nitrogens is 3. The summed E-state index contributed by atoms with van der Waals surface area (Å²) in [6.07, 6.45) is 0. The van der Waals surface area contributed by atoms with Crippen LogP contribution >= 0.6 is 0 Å². The molecule has 0 saturated carbocycles. The number of rotatable bonds is 5. The minimum atomic E-state index is -0.524. The van der Waals surface area contributed by atoms with E-state index in [-0.39, 0.29) is 33.8 Å². The molecular formula is C45H29N3. The first-order chi connectivity index (χ1) is 26.7. The molecule has 9 rings (SSSR count). The van der Waals surface area contributed by atoms with E-state index < -0.39 is 42.3 Å². The molecule has 0 aliphatic carbocycles. The van der Waals surface area contributed by atoms with Gasteiger partial charge in [0.2, 0.25) is 0 Å². The minimum Gasteiger partial charge on any atom is -0.208 e. The molecule has 3 nitrogen and oxygen atoms in total. The molecule has 3 heteroatoms. The molecule has 0 N–H and O–H groups in total. The van der Waals surface area contributed by atoms with Crippen molar-refractivity contribution in [2.45, 2.75) is 0 Å². The minimum absolute atomic E-state index is 0.0352. The summed E-state index contributed by atoms with van der Waals surface area (Å²) >= 11 is 0. The van der Waals surface area contributed by atoms with Gasteiger partial charge in [0.05, 0.1) is 9.60 Å². The highest BCUT2D eigenvalue weighted by molar-refractivity contribution is 5.96. The van der Waals surface area contributed by atoms with Crippen LogP contribution in [0.25, 0.3) is 88.7 Å². The summed E-state index contributed by atoms with van der Waals surface area (Å²) in [6.45, 7) is 0. The Morgan fingerprint density at radius 3 is 1.67 bits per heavy atom. The second-order valence-corrected chi connectivity index (χ2v) is 11.6. The van der Waals surface area contributed by atoms with Crippen LogP contribution in [0.1, 0.15) is 9.60 Å². The predicted octanol–water partition coefficient (Wildman–Crippen LogP) is 11.7. The van der Waals surface area contributed by atoms with Crippen LogP contribution in [0.3, 0.4) is 0 Å². The Morgan fingerprint density at radius 1 is 0.333 bits per heavy atom. The van der Waals surface area contributed by atoms with Crippen LogP contribution in [-0.4, -0.2) is 15.0 Å². The van der Waals surface area contributed by atoms with E-state index in [1.165, 1.54) is 0 Å². The molecule has 0 amide bonds. The van der Waals surface area contributed by atoms with Crippen molar-refractivity contribution >= 4 is 32.3 Å². The van der Waals surface area contributed by atoms with Gasteiger partial charge >= 0.3 is 0 Å². The van der Waals surface area contributed by atoms with Crippen LogP contribution in [0.15, 0.2) is 176 Å². The maximum Gasteiger partial charge on any atom is 0.164 e. The van der Waals surface area contributed by atoms with Gasteiger partial charge in [-0.3, -0.25) is 0 Å². The first kappa shape index (κ1) is 21.4. The number of nitrogens with zero attached hydrogens (tertiary/aromatic N) is 3. The molecule has 1 heterocycles. The molecule has 0 aliphatic heterocycles. The van der Waals surface area contributed by atoms with Crippen LogP contribution < -0.4 is 0 Å². The third-order valence-corrected chi connectivity index (χ3v) is 8.58. The Bertz CT molecular complexity index is 3010. The fourth-order valence-electron chi connectivity index (χ4n) is 6.13. The van der Waals surface area contributed by atoms with Crippen LogP contribution in [0.4, 0.5) is 0 Å². The number of fused-ring (bicyclic) bond motifs is 3. The fourth-order valence-corrected chi connectivity index (χ4v) is 6.13. The van der Waals surface area contributed by atoms with Gasteiger partial charge in [0.1, 0.15) is 0 Å². The van der Waals surface area contributed by atoms with E-state index in [1.54, 1.807) is 0 Å². The third-order valence-electron chi connectivity index (χ3n) is 8.58. The fraction of sp³-hybridized carbons (Fsp3) is 0. The lowest BCUT2D eigenvalue weighted by molar-refractivity contribution is 1.08. The van der Waals surface area contributed by atoms with Gasteiger partial charge in [0, 0.05) is 16.7 Å². The zero-order valence-electron chi connectivity index (χ0n) is 32.5. The largest absolute Gasteiger partial charge is 0.208 e. The van der Waals surface area contributed by atoms with Crippen LogP contribution in [0.5, 0.6) is 0 Å². The number of hydrogen-bond acceptors (Lipinski definition) is 3.